The van der Waals surface area contributed by atoms with Crippen LogP contribution in [-0.2, 0) is 20.1 Å². The van der Waals surface area contributed by atoms with Crippen molar-refractivity contribution < 1.29 is 33.6 Å². The summed E-state index contributed by atoms with van der Waals surface area (Å²) in [6.45, 7) is 3.01. The van der Waals surface area contributed by atoms with Crippen molar-refractivity contribution in [2.24, 2.45) is 0 Å². The number of nitrogens with zero attached hydrogens (tertiary/aromatic N) is 5. The summed E-state index contributed by atoms with van der Waals surface area (Å²) in [7, 11) is 0. The van der Waals surface area contributed by atoms with Crippen LogP contribution >= 0.6 is 0 Å². The Morgan fingerprint density at radius 2 is 1.51 bits per heavy atom. The second kappa shape index (κ2) is 17.1. The van der Waals surface area contributed by atoms with Gasteiger partial charge in [0.05, 0.1) is 18.1 Å². The van der Waals surface area contributed by atoms with Crippen LogP contribution in [0.1, 0.15) is 45.4 Å². The summed E-state index contributed by atoms with van der Waals surface area (Å²) in [5, 5.41) is 8.28. The number of ether oxygens (including phenoxy) is 1. The van der Waals surface area contributed by atoms with Gasteiger partial charge in [-0.3, -0.25) is 18.9 Å². The van der Waals surface area contributed by atoms with Gasteiger partial charge in [-0.05, 0) is 66.0 Å². The molecule has 6 nitrogen and oxygen atoms in total. The van der Waals surface area contributed by atoms with E-state index in [0.717, 1.165) is 42.2 Å². The first-order chi connectivity index (χ1) is 19.6. The van der Waals surface area contributed by atoms with E-state index in [1.165, 1.54) is 32.1 Å². The number of benzene rings is 2. The zero-order valence-electron chi connectivity index (χ0n) is 22.8. The maximum Gasteiger partial charge on any atom is 0.119 e. The second-order valence-electron chi connectivity index (χ2n) is 9.07. The van der Waals surface area contributed by atoms with Gasteiger partial charge in [0.25, 0.3) is 0 Å². The van der Waals surface area contributed by atoms with Gasteiger partial charge in [-0.25, -0.2) is 0 Å². The van der Waals surface area contributed by atoms with Crippen molar-refractivity contribution in [3.05, 3.63) is 103 Å². The standard InChI is InChI=1S/C21H25N4O.C11H6F2N.Ir/c1-2-3-4-5-6-9-16-26-18-13-11-17(12-14-18)20-23-21(25-24-20)19-10-7-8-15-22-19;12-8-4-5-9(10(13)7-8)11-3-1-2-6-14-11;/h7-8,10-15H,2-6,9,16H2,1H3;1-4,6-7H;/q2*-1;. The molecule has 0 unspecified atom stereocenters. The van der Waals surface area contributed by atoms with E-state index in [1.807, 2.05) is 42.5 Å². The Balaban J connectivity index is 0.000000260. The number of aromatic nitrogens is 5. The van der Waals surface area contributed by atoms with Gasteiger partial charge in [-0.15, -0.1) is 12.1 Å². The third-order valence-corrected chi connectivity index (χ3v) is 6.00. The molecule has 2 aromatic carbocycles. The van der Waals surface area contributed by atoms with E-state index < -0.39 is 11.6 Å². The number of pyridine rings is 2. The number of hydrogen-bond acceptors (Lipinski definition) is 5. The Kier molecular flexibility index (Phi) is 13.2. The van der Waals surface area contributed by atoms with Crippen LogP contribution in [0.2, 0.25) is 0 Å². The molecule has 0 amide bonds. The molecule has 41 heavy (non-hydrogen) atoms. The quantitative estimate of drug-likeness (QED) is 0.102. The van der Waals surface area contributed by atoms with Gasteiger partial charge in [-0.1, -0.05) is 68.9 Å². The maximum absolute atomic E-state index is 13.2. The minimum atomic E-state index is -0.649. The average molecular weight is 732 g/mol. The molecule has 5 aromatic rings. The van der Waals surface area contributed by atoms with E-state index in [4.69, 9.17) is 4.74 Å². The summed E-state index contributed by atoms with van der Waals surface area (Å²) in [4.78, 5) is 12.7. The van der Waals surface area contributed by atoms with E-state index in [1.54, 1.807) is 30.6 Å². The monoisotopic (exact) mass is 732 g/mol. The maximum atomic E-state index is 13.2. The molecule has 5 rings (SSSR count). The molecule has 0 atom stereocenters. The van der Waals surface area contributed by atoms with Crippen LogP contribution in [0, 0.1) is 17.7 Å². The van der Waals surface area contributed by atoms with E-state index in [2.05, 4.69) is 38.1 Å². The van der Waals surface area contributed by atoms with Gasteiger partial charge in [0.2, 0.25) is 0 Å². The first-order valence-electron chi connectivity index (χ1n) is 13.4. The van der Waals surface area contributed by atoms with Gasteiger partial charge in [-0.2, -0.15) is 0 Å². The van der Waals surface area contributed by atoms with Crippen LogP contribution in [0.3, 0.4) is 0 Å². The molecule has 0 spiro atoms. The minimum absolute atomic E-state index is 0. The molecular formula is C32H31F2IrN5O-2. The number of unbranched alkanes of at least 4 members (excludes halogenated alkanes) is 5. The molecule has 1 radical (unpaired) electrons. The molecule has 0 saturated carbocycles. The van der Waals surface area contributed by atoms with Crippen molar-refractivity contribution in [2.45, 2.75) is 45.4 Å². The predicted octanol–water partition coefficient (Wildman–Crippen LogP) is 7.73. The van der Waals surface area contributed by atoms with Crippen LogP contribution in [0.5, 0.6) is 5.75 Å². The SMILES string of the molecule is CCCCCCCCOc1ccc(-c2n[n-]c(-c3ccccn3)n2)cc1.Fc1c[c-]c(-c2ccccn2)c(F)c1.[Ir]. The van der Waals surface area contributed by atoms with Crippen LogP contribution in [0.4, 0.5) is 8.78 Å². The fourth-order valence-corrected chi connectivity index (χ4v) is 3.89. The summed E-state index contributed by atoms with van der Waals surface area (Å²) in [5.41, 5.74) is 2.29. The third-order valence-electron chi connectivity index (χ3n) is 6.00. The zero-order chi connectivity index (χ0) is 28.0. The third kappa shape index (κ3) is 9.95. The number of halogens is 2. The molecule has 0 saturated heterocycles. The van der Waals surface area contributed by atoms with Gasteiger partial charge in [0.1, 0.15) is 5.75 Å². The Labute approximate surface area is 253 Å². The van der Waals surface area contributed by atoms with Crippen molar-refractivity contribution in [1.29, 1.82) is 0 Å². The van der Waals surface area contributed by atoms with Crippen molar-refractivity contribution in [2.75, 3.05) is 6.61 Å². The van der Waals surface area contributed by atoms with Crippen LogP contribution < -0.4 is 9.84 Å². The predicted molar refractivity (Wildman–Crippen MR) is 151 cm³/mol. The van der Waals surface area contributed by atoms with Gasteiger partial charge in [0.15, 0.2) is 0 Å². The molecule has 0 fully saturated rings. The molecule has 9 heteroatoms. The minimum Gasteiger partial charge on any atom is -0.494 e. The smallest absolute Gasteiger partial charge is 0.119 e. The average Bonchev–Trinajstić information content (AvgIpc) is 3.49. The van der Waals surface area contributed by atoms with Crippen molar-refractivity contribution in [3.63, 3.8) is 0 Å². The summed E-state index contributed by atoms with van der Waals surface area (Å²) in [6.07, 6.45) is 10.9. The molecule has 0 aliphatic heterocycles. The Hall–Kier alpha value is -3.81. The van der Waals surface area contributed by atoms with Crippen LogP contribution in [-0.4, -0.2) is 26.7 Å². The summed E-state index contributed by atoms with van der Waals surface area (Å²) < 4.78 is 31.6. The fraction of sp³-hybridized carbons (Fsp3) is 0.250. The van der Waals surface area contributed by atoms with Gasteiger partial charge in [0, 0.05) is 44.1 Å². The Morgan fingerprint density at radius 3 is 2.17 bits per heavy atom. The normalized spacial score (nSPS) is 10.3. The molecular weight excluding hydrogens is 701 g/mol. The molecule has 3 heterocycles. The summed E-state index contributed by atoms with van der Waals surface area (Å²) in [6, 6.07) is 23.0. The fourth-order valence-electron chi connectivity index (χ4n) is 3.89. The Bertz CT molecular complexity index is 1430. The Morgan fingerprint density at radius 1 is 0.829 bits per heavy atom. The zero-order valence-corrected chi connectivity index (χ0v) is 25.2. The molecule has 3 aromatic heterocycles. The van der Waals surface area contributed by atoms with E-state index in [0.29, 0.717) is 17.3 Å². The van der Waals surface area contributed by atoms with Crippen molar-refractivity contribution >= 4 is 0 Å². The number of rotatable bonds is 11. The van der Waals surface area contributed by atoms with E-state index in [-0.39, 0.29) is 25.7 Å². The molecule has 215 valence electrons. The largest absolute Gasteiger partial charge is 0.494 e. The molecule has 0 aliphatic rings. The van der Waals surface area contributed by atoms with Crippen molar-refractivity contribution in [3.8, 4) is 39.9 Å². The topological polar surface area (TPSA) is 74.9 Å². The van der Waals surface area contributed by atoms with Crippen molar-refractivity contribution in [1.82, 2.24) is 25.1 Å². The number of hydrogen-bond donors (Lipinski definition) is 0. The molecule has 0 N–H and O–H groups in total. The van der Waals surface area contributed by atoms with Crippen LogP contribution in [0.15, 0.2) is 85.2 Å². The second-order valence-corrected chi connectivity index (χ2v) is 9.07. The van der Waals surface area contributed by atoms with Gasteiger partial charge < -0.3 is 19.8 Å². The summed E-state index contributed by atoms with van der Waals surface area (Å²) in [5.74, 6) is 0.745. The van der Waals surface area contributed by atoms with E-state index in [9.17, 15) is 8.78 Å². The molecule has 0 aliphatic carbocycles. The first kappa shape index (κ1) is 31.7. The molecule has 0 bridgehead atoms. The first-order valence-corrected chi connectivity index (χ1v) is 13.4. The van der Waals surface area contributed by atoms with Crippen LogP contribution in [0.25, 0.3) is 34.2 Å². The van der Waals surface area contributed by atoms with E-state index >= 15 is 0 Å². The van der Waals surface area contributed by atoms with Gasteiger partial charge >= 0.3 is 0 Å². The summed E-state index contributed by atoms with van der Waals surface area (Å²) >= 11 is 0.